The molecule has 1 fully saturated rings. The van der Waals surface area contributed by atoms with Crippen LogP contribution in [0.25, 0.3) is 0 Å². The Kier molecular flexibility index (Phi) is 5.91. The van der Waals surface area contributed by atoms with E-state index in [4.69, 9.17) is 4.74 Å². The van der Waals surface area contributed by atoms with E-state index in [0.29, 0.717) is 6.10 Å². The zero-order valence-electron chi connectivity index (χ0n) is 12.6. The predicted molar refractivity (Wildman–Crippen MR) is 84.8 cm³/mol. The molecule has 1 unspecified atom stereocenters. The summed E-state index contributed by atoms with van der Waals surface area (Å²) < 4.78 is 5.76. The second-order valence-electron chi connectivity index (χ2n) is 4.79. The summed E-state index contributed by atoms with van der Waals surface area (Å²) in [5.41, 5.74) is 0. The SMILES string of the molecule is CCNc1cc(N2CCCC(OCC)C2)nc(SC)n1. The minimum atomic E-state index is 0.323. The number of ether oxygens (including phenoxy) is 1. The van der Waals surface area contributed by atoms with Crippen molar-refractivity contribution < 1.29 is 4.74 Å². The molecule has 6 heteroatoms. The third kappa shape index (κ3) is 3.99. The first-order valence-electron chi connectivity index (χ1n) is 7.30. The van der Waals surface area contributed by atoms with E-state index < -0.39 is 0 Å². The lowest BCUT2D eigenvalue weighted by molar-refractivity contribution is 0.0525. The van der Waals surface area contributed by atoms with E-state index in [1.807, 2.05) is 12.3 Å². The maximum Gasteiger partial charge on any atom is 0.191 e. The van der Waals surface area contributed by atoms with Gasteiger partial charge in [-0.15, -0.1) is 0 Å². The number of aromatic nitrogens is 2. The molecule has 2 heterocycles. The summed E-state index contributed by atoms with van der Waals surface area (Å²) in [6, 6.07) is 2.04. The molecule has 5 nitrogen and oxygen atoms in total. The minimum absolute atomic E-state index is 0.323. The molecule has 1 aliphatic rings. The van der Waals surface area contributed by atoms with E-state index in [2.05, 4.69) is 34.0 Å². The predicted octanol–water partition coefficient (Wildman–Crippen LogP) is 2.64. The first-order chi connectivity index (χ1) is 9.76. The van der Waals surface area contributed by atoms with E-state index in [9.17, 15) is 0 Å². The molecular formula is C14H24N4OS. The van der Waals surface area contributed by atoms with Crippen molar-refractivity contribution in [3.63, 3.8) is 0 Å². The summed E-state index contributed by atoms with van der Waals surface area (Å²) in [6.07, 6.45) is 4.63. The molecular weight excluding hydrogens is 272 g/mol. The van der Waals surface area contributed by atoms with Gasteiger partial charge in [-0.3, -0.25) is 0 Å². The fraction of sp³-hybridized carbons (Fsp3) is 0.714. The van der Waals surface area contributed by atoms with Gasteiger partial charge >= 0.3 is 0 Å². The first-order valence-corrected chi connectivity index (χ1v) is 8.52. The van der Waals surface area contributed by atoms with Gasteiger partial charge in [-0.1, -0.05) is 11.8 Å². The lowest BCUT2D eigenvalue weighted by Crippen LogP contribution is -2.40. The van der Waals surface area contributed by atoms with Crippen LogP contribution in [0.1, 0.15) is 26.7 Å². The van der Waals surface area contributed by atoms with Crippen LogP contribution in [-0.2, 0) is 4.74 Å². The minimum Gasteiger partial charge on any atom is -0.377 e. The molecule has 20 heavy (non-hydrogen) atoms. The lowest BCUT2D eigenvalue weighted by Gasteiger charge is -2.33. The molecule has 0 aliphatic carbocycles. The highest BCUT2D eigenvalue weighted by molar-refractivity contribution is 7.98. The largest absolute Gasteiger partial charge is 0.377 e. The molecule has 1 aromatic rings. The topological polar surface area (TPSA) is 50.3 Å². The third-order valence-electron chi connectivity index (χ3n) is 3.34. The molecule has 1 N–H and O–H groups in total. The highest BCUT2D eigenvalue weighted by Gasteiger charge is 2.22. The monoisotopic (exact) mass is 296 g/mol. The Morgan fingerprint density at radius 1 is 1.45 bits per heavy atom. The Bertz CT molecular complexity index is 428. The van der Waals surface area contributed by atoms with Crippen LogP contribution in [0.3, 0.4) is 0 Å². The Morgan fingerprint density at radius 3 is 3.00 bits per heavy atom. The third-order valence-corrected chi connectivity index (χ3v) is 3.88. The molecule has 0 bridgehead atoms. The van der Waals surface area contributed by atoms with E-state index in [1.165, 1.54) is 0 Å². The Hall–Kier alpha value is -1.01. The van der Waals surface area contributed by atoms with Crippen molar-refractivity contribution in [2.75, 3.05) is 42.7 Å². The van der Waals surface area contributed by atoms with Crippen molar-refractivity contribution in [3.05, 3.63) is 6.07 Å². The van der Waals surface area contributed by atoms with E-state index in [1.54, 1.807) is 11.8 Å². The van der Waals surface area contributed by atoms with Crippen LogP contribution in [0, 0.1) is 0 Å². The number of nitrogens with one attached hydrogen (secondary N) is 1. The molecule has 0 saturated carbocycles. The summed E-state index contributed by atoms with van der Waals surface area (Å²) >= 11 is 1.58. The maximum atomic E-state index is 5.76. The maximum absolute atomic E-state index is 5.76. The van der Waals surface area contributed by atoms with Gasteiger partial charge in [0.25, 0.3) is 0 Å². The van der Waals surface area contributed by atoms with E-state index >= 15 is 0 Å². The van der Waals surface area contributed by atoms with Crippen molar-refractivity contribution in [3.8, 4) is 0 Å². The molecule has 1 atom stereocenters. The Balaban J connectivity index is 2.15. The van der Waals surface area contributed by atoms with Crippen molar-refractivity contribution in [2.45, 2.75) is 37.9 Å². The van der Waals surface area contributed by atoms with Gasteiger partial charge in [0.15, 0.2) is 5.16 Å². The number of thioether (sulfide) groups is 1. The van der Waals surface area contributed by atoms with Crippen molar-refractivity contribution in [1.29, 1.82) is 0 Å². The van der Waals surface area contributed by atoms with Crippen LogP contribution in [0.5, 0.6) is 0 Å². The molecule has 1 saturated heterocycles. The van der Waals surface area contributed by atoms with Gasteiger partial charge in [0.1, 0.15) is 11.6 Å². The molecule has 0 radical (unpaired) electrons. The summed E-state index contributed by atoms with van der Waals surface area (Å²) in [5, 5.41) is 4.09. The van der Waals surface area contributed by atoms with Crippen molar-refractivity contribution in [1.82, 2.24) is 9.97 Å². The molecule has 0 aromatic carbocycles. The fourth-order valence-electron chi connectivity index (χ4n) is 2.46. The smallest absolute Gasteiger partial charge is 0.191 e. The second-order valence-corrected chi connectivity index (χ2v) is 5.57. The van der Waals surface area contributed by atoms with Crippen LogP contribution in [0.4, 0.5) is 11.6 Å². The molecule has 1 aliphatic heterocycles. The van der Waals surface area contributed by atoms with Crippen LogP contribution >= 0.6 is 11.8 Å². The van der Waals surface area contributed by atoms with Gasteiger partial charge in [0.05, 0.1) is 6.10 Å². The highest BCUT2D eigenvalue weighted by atomic mass is 32.2. The van der Waals surface area contributed by atoms with Gasteiger partial charge in [-0.25, -0.2) is 9.97 Å². The Labute approximate surface area is 125 Å². The van der Waals surface area contributed by atoms with E-state index in [-0.39, 0.29) is 0 Å². The highest BCUT2D eigenvalue weighted by Crippen LogP contribution is 2.24. The number of rotatable bonds is 6. The van der Waals surface area contributed by atoms with Crippen molar-refractivity contribution in [2.24, 2.45) is 0 Å². The van der Waals surface area contributed by atoms with Gasteiger partial charge in [0, 0.05) is 32.3 Å². The molecule has 1 aromatic heterocycles. The standard InChI is InChI=1S/C14H24N4OS/c1-4-15-12-9-13(17-14(16-12)20-3)18-8-6-7-11(10-18)19-5-2/h9,11H,4-8,10H2,1-3H3,(H,15,16,17). The van der Waals surface area contributed by atoms with Gasteiger partial charge in [-0.05, 0) is 32.9 Å². The summed E-state index contributed by atoms with van der Waals surface area (Å²) in [4.78, 5) is 11.4. The van der Waals surface area contributed by atoms with Crippen LogP contribution in [0.2, 0.25) is 0 Å². The zero-order valence-corrected chi connectivity index (χ0v) is 13.4. The number of hydrogen-bond acceptors (Lipinski definition) is 6. The number of hydrogen-bond donors (Lipinski definition) is 1. The zero-order chi connectivity index (χ0) is 14.4. The van der Waals surface area contributed by atoms with Crippen molar-refractivity contribution >= 4 is 23.4 Å². The number of nitrogens with zero attached hydrogens (tertiary/aromatic N) is 3. The molecule has 112 valence electrons. The van der Waals surface area contributed by atoms with Crippen LogP contribution < -0.4 is 10.2 Å². The average Bonchev–Trinajstić information content (AvgIpc) is 2.48. The van der Waals surface area contributed by atoms with Gasteiger partial charge < -0.3 is 15.0 Å². The molecule has 2 rings (SSSR count). The van der Waals surface area contributed by atoms with Crippen LogP contribution in [0.15, 0.2) is 11.2 Å². The summed E-state index contributed by atoms with van der Waals surface area (Å²) in [6.45, 7) is 7.74. The van der Waals surface area contributed by atoms with Gasteiger partial charge in [-0.2, -0.15) is 0 Å². The van der Waals surface area contributed by atoms with E-state index in [0.717, 1.165) is 55.9 Å². The normalized spacial score (nSPS) is 19.1. The summed E-state index contributed by atoms with van der Waals surface area (Å²) in [7, 11) is 0. The first kappa shape index (κ1) is 15.4. The molecule has 0 spiro atoms. The Morgan fingerprint density at radius 2 is 2.30 bits per heavy atom. The fourth-order valence-corrected chi connectivity index (χ4v) is 2.83. The summed E-state index contributed by atoms with van der Waals surface area (Å²) in [5.74, 6) is 1.91. The van der Waals surface area contributed by atoms with Crippen LogP contribution in [-0.4, -0.2) is 48.6 Å². The molecule has 0 amide bonds. The number of anilines is 2. The quantitative estimate of drug-likeness (QED) is 0.643. The second kappa shape index (κ2) is 7.69. The van der Waals surface area contributed by atoms with Gasteiger partial charge in [0.2, 0.25) is 0 Å². The lowest BCUT2D eigenvalue weighted by atomic mass is 10.1. The average molecular weight is 296 g/mol. The number of piperidine rings is 1.